The first-order chi connectivity index (χ1) is 12.2. The maximum atomic E-state index is 12.1. The molecule has 9 heteroatoms. The molecule has 0 saturated carbocycles. The number of nitrogens with one attached hydrogen (secondary N) is 1. The molecule has 0 saturated heterocycles. The summed E-state index contributed by atoms with van der Waals surface area (Å²) >= 11 is 18.0. The summed E-state index contributed by atoms with van der Waals surface area (Å²) < 4.78 is 25.4. The average molecular weight is 436 g/mol. The Kier molecular flexibility index (Phi) is 7.17. The fourth-order valence-corrected chi connectivity index (χ4v) is 3.89. The van der Waals surface area contributed by atoms with Gasteiger partial charge in [0.2, 0.25) is 15.9 Å². The average Bonchev–Trinajstić information content (AvgIpc) is 2.55. The van der Waals surface area contributed by atoms with Crippen molar-refractivity contribution < 1.29 is 13.2 Å². The molecule has 0 heterocycles. The van der Waals surface area contributed by atoms with Crippen LogP contribution in [0.15, 0.2) is 42.5 Å². The van der Waals surface area contributed by atoms with Crippen LogP contribution in [-0.4, -0.2) is 27.1 Å². The van der Waals surface area contributed by atoms with E-state index in [1.54, 1.807) is 30.3 Å². The highest BCUT2D eigenvalue weighted by molar-refractivity contribution is 7.92. The molecule has 0 radical (unpaired) electrons. The second-order valence-electron chi connectivity index (χ2n) is 5.56. The van der Waals surface area contributed by atoms with E-state index in [1.807, 2.05) is 0 Å². The molecule has 0 aromatic heterocycles. The van der Waals surface area contributed by atoms with Gasteiger partial charge in [0.05, 0.1) is 27.7 Å². The van der Waals surface area contributed by atoms with Crippen molar-refractivity contribution in [1.82, 2.24) is 0 Å². The molecule has 2 rings (SSSR count). The summed E-state index contributed by atoms with van der Waals surface area (Å²) in [5, 5.41) is 3.77. The molecule has 0 unspecified atom stereocenters. The number of hydrogen-bond donors (Lipinski definition) is 1. The highest BCUT2D eigenvalue weighted by atomic mass is 35.5. The quantitative estimate of drug-likeness (QED) is 0.677. The third-order valence-electron chi connectivity index (χ3n) is 3.49. The van der Waals surface area contributed by atoms with Crippen LogP contribution in [-0.2, 0) is 14.8 Å². The van der Waals surface area contributed by atoms with Gasteiger partial charge >= 0.3 is 0 Å². The van der Waals surface area contributed by atoms with Crippen molar-refractivity contribution in [2.24, 2.45) is 0 Å². The number of amides is 1. The lowest BCUT2D eigenvalue weighted by molar-refractivity contribution is -0.116. The van der Waals surface area contributed by atoms with Crippen molar-refractivity contribution in [3.05, 3.63) is 57.5 Å². The minimum absolute atomic E-state index is 0.0921. The fourth-order valence-electron chi connectivity index (χ4n) is 2.30. The zero-order valence-corrected chi connectivity index (χ0v) is 17.0. The van der Waals surface area contributed by atoms with E-state index in [1.165, 1.54) is 12.1 Å². The van der Waals surface area contributed by atoms with E-state index >= 15 is 0 Å². The van der Waals surface area contributed by atoms with Crippen LogP contribution in [0.2, 0.25) is 15.1 Å². The minimum Gasteiger partial charge on any atom is -0.325 e. The predicted octanol–water partition coefficient (Wildman–Crippen LogP) is 4.83. The number of carbonyl (C=O) groups is 1. The van der Waals surface area contributed by atoms with Crippen molar-refractivity contribution in [3.63, 3.8) is 0 Å². The number of nitrogens with zero attached hydrogens (tertiary/aromatic N) is 1. The molecule has 0 fully saturated rings. The Morgan fingerprint density at radius 3 is 2.42 bits per heavy atom. The van der Waals surface area contributed by atoms with Gasteiger partial charge in [0, 0.05) is 18.0 Å². The summed E-state index contributed by atoms with van der Waals surface area (Å²) in [5.74, 6) is -0.260. The molecular formula is C17H17Cl3N2O3S. The molecule has 0 aliphatic heterocycles. The normalized spacial score (nSPS) is 11.2. The van der Waals surface area contributed by atoms with Gasteiger partial charge in [-0.05, 0) is 36.8 Å². The van der Waals surface area contributed by atoms with Crippen LogP contribution in [0.25, 0.3) is 0 Å². The first-order valence-electron chi connectivity index (χ1n) is 7.65. The van der Waals surface area contributed by atoms with E-state index in [9.17, 15) is 13.2 Å². The summed E-state index contributed by atoms with van der Waals surface area (Å²) in [4.78, 5) is 12.1. The number of sulfonamides is 1. The molecule has 5 nitrogen and oxygen atoms in total. The van der Waals surface area contributed by atoms with Crippen molar-refractivity contribution in [2.75, 3.05) is 22.4 Å². The maximum Gasteiger partial charge on any atom is 0.232 e. The SMILES string of the molecule is CS(=O)(=O)N(CCCC(=O)Nc1ccccc1Cl)c1cc(Cl)ccc1Cl. The van der Waals surface area contributed by atoms with Gasteiger partial charge in [-0.3, -0.25) is 9.10 Å². The van der Waals surface area contributed by atoms with Gasteiger partial charge in [-0.15, -0.1) is 0 Å². The summed E-state index contributed by atoms with van der Waals surface area (Å²) in [6.45, 7) is 0.0921. The smallest absolute Gasteiger partial charge is 0.232 e. The third-order valence-corrected chi connectivity index (χ3v) is 5.55. The molecule has 2 aromatic carbocycles. The Bertz CT molecular complexity index is 904. The summed E-state index contributed by atoms with van der Waals surface area (Å²) in [6, 6.07) is 11.5. The lowest BCUT2D eigenvalue weighted by Gasteiger charge is -2.23. The van der Waals surface area contributed by atoms with Crippen LogP contribution in [0, 0.1) is 0 Å². The number of anilines is 2. The van der Waals surface area contributed by atoms with E-state index in [0.717, 1.165) is 10.6 Å². The van der Waals surface area contributed by atoms with Gasteiger partial charge < -0.3 is 5.32 Å². The first-order valence-corrected chi connectivity index (χ1v) is 10.6. The van der Waals surface area contributed by atoms with E-state index in [4.69, 9.17) is 34.8 Å². The van der Waals surface area contributed by atoms with Crippen LogP contribution in [0.5, 0.6) is 0 Å². The number of carbonyl (C=O) groups excluding carboxylic acids is 1. The molecule has 140 valence electrons. The van der Waals surface area contributed by atoms with Crippen LogP contribution in [0.1, 0.15) is 12.8 Å². The molecule has 2 aromatic rings. The lowest BCUT2D eigenvalue weighted by Crippen LogP contribution is -2.31. The zero-order chi connectivity index (χ0) is 19.3. The number of para-hydroxylation sites is 1. The topological polar surface area (TPSA) is 66.5 Å². The van der Waals surface area contributed by atoms with Crippen LogP contribution < -0.4 is 9.62 Å². The summed E-state index contributed by atoms with van der Waals surface area (Å²) in [7, 11) is -3.58. The Balaban J connectivity index is 2.03. The van der Waals surface area contributed by atoms with Crippen molar-refractivity contribution in [2.45, 2.75) is 12.8 Å². The van der Waals surface area contributed by atoms with Gasteiger partial charge in [-0.1, -0.05) is 46.9 Å². The molecule has 1 amide bonds. The third kappa shape index (κ3) is 5.77. The second-order valence-corrected chi connectivity index (χ2v) is 8.72. The largest absolute Gasteiger partial charge is 0.325 e. The van der Waals surface area contributed by atoms with Crippen LogP contribution in [0.3, 0.4) is 0 Å². The molecule has 0 spiro atoms. The number of benzene rings is 2. The molecular weight excluding hydrogens is 419 g/mol. The van der Waals surface area contributed by atoms with E-state index in [0.29, 0.717) is 22.2 Å². The Morgan fingerprint density at radius 1 is 1.08 bits per heavy atom. The van der Waals surface area contributed by atoms with Gasteiger partial charge in [0.1, 0.15) is 0 Å². The summed E-state index contributed by atoms with van der Waals surface area (Å²) in [5.41, 5.74) is 0.796. The predicted molar refractivity (Wildman–Crippen MR) is 108 cm³/mol. The fraction of sp³-hybridized carbons (Fsp3) is 0.235. The lowest BCUT2D eigenvalue weighted by atomic mass is 10.2. The van der Waals surface area contributed by atoms with Crippen LogP contribution in [0.4, 0.5) is 11.4 Å². The Hall–Kier alpha value is -1.47. The first kappa shape index (κ1) is 20.8. The maximum absolute atomic E-state index is 12.1. The molecule has 0 atom stereocenters. The van der Waals surface area contributed by atoms with Crippen molar-refractivity contribution >= 4 is 62.1 Å². The van der Waals surface area contributed by atoms with Gasteiger partial charge in [-0.2, -0.15) is 0 Å². The minimum atomic E-state index is -3.58. The van der Waals surface area contributed by atoms with E-state index in [-0.39, 0.29) is 29.6 Å². The molecule has 0 bridgehead atoms. The standard InChI is InChI=1S/C17H17Cl3N2O3S/c1-26(24,25)22(16-11-12(18)8-9-14(16)20)10-4-7-17(23)21-15-6-3-2-5-13(15)19/h2-3,5-6,8-9,11H,4,7,10H2,1H3,(H,21,23). The van der Waals surface area contributed by atoms with Gasteiger partial charge in [0.15, 0.2) is 0 Å². The van der Waals surface area contributed by atoms with E-state index < -0.39 is 10.0 Å². The monoisotopic (exact) mass is 434 g/mol. The number of halogens is 3. The van der Waals surface area contributed by atoms with Crippen LogP contribution >= 0.6 is 34.8 Å². The molecule has 26 heavy (non-hydrogen) atoms. The van der Waals surface area contributed by atoms with Gasteiger partial charge in [-0.25, -0.2) is 8.42 Å². The Labute approximate surface area is 167 Å². The highest BCUT2D eigenvalue weighted by Crippen LogP contribution is 2.31. The molecule has 1 N–H and O–H groups in total. The van der Waals surface area contributed by atoms with Crippen molar-refractivity contribution in [1.29, 1.82) is 0 Å². The zero-order valence-electron chi connectivity index (χ0n) is 13.9. The van der Waals surface area contributed by atoms with E-state index in [2.05, 4.69) is 5.32 Å². The van der Waals surface area contributed by atoms with Gasteiger partial charge in [0.25, 0.3) is 0 Å². The highest BCUT2D eigenvalue weighted by Gasteiger charge is 2.20. The second kappa shape index (κ2) is 8.95. The number of hydrogen-bond acceptors (Lipinski definition) is 3. The molecule has 0 aliphatic rings. The Morgan fingerprint density at radius 2 is 1.77 bits per heavy atom. The molecule has 0 aliphatic carbocycles. The summed E-state index contributed by atoms with van der Waals surface area (Å²) in [6.07, 6.45) is 1.50. The number of rotatable bonds is 7. The van der Waals surface area contributed by atoms with Crippen molar-refractivity contribution in [3.8, 4) is 0 Å².